The molecule has 8 nitrogen and oxygen atoms in total. The van der Waals surface area contributed by atoms with Gasteiger partial charge in [-0.15, -0.1) is 0 Å². The second-order valence-corrected chi connectivity index (χ2v) is 10.5. The number of piperazine rings is 2. The summed E-state index contributed by atoms with van der Waals surface area (Å²) in [6, 6.07) is 12.8. The van der Waals surface area contributed by atoms with Crippen molar-refractivity contribution in [3.8, 4) is 0 Å². The molecule has 0 saturated carbocycles. The molecule has 0 unspecified atom stereocenters. The number of piperidine rings is 1. The van der Waals surface area contributed by atoms with Crippen LogP contribution in [-0.4, -0.2) is 98.3 Å². The van der Waals surface area contributed by atoms with Crippen LogP contribution in [0.4, 0.5) is 5.69 Å². The lowest BCUT2D eigenvalue weighted by atomic mass is 9.81. The average Bonchev–Trinajstić information content (AvgIpc) is 3.33. The van der Waals surface area contributed by atoms with E-state index in [9.17, 15) is 4.79 Å². The number of carbonyl (C=O) groups is 1. The first kappa shape index (κ1) is 24.3. The number of nitrogens with one attached hydrogen (secondary N) is 1. The van der Waals surface area contributed by atoms with Gasteiger partial charge in [-0.1, -0.05) is 23.4 Å². The van der Waals surface area contributed by atoms with Crippen LogP contribution in [0.2, 0.25) is 0 Å². The summed E-state index contributed by atoms with van der Waals surface area (Å²) in [6.07, 6.45) is 2.59. The van der Waals surface area contributed by atoms with Crippen LogP contribution < -0.4 is 10.2 Å². The van der Waals surface area contributed by atoms with Crippen molar-refractivity contribution >= 4 is 11.6 Å². The summed E-state index contributed by atoms with van der Waals surface area (Å²) in [5.74, 6) is 2.11. The Balaban J connectivity index is 1.10. The van der Waals surface area contributed by atoms with Gasteiger partial charge in [0.2, 0.25) is 5.91 Å². The molecule has 3 aliphatic rings. The van der Waals surface area contributed by atoms with E-state index >= 15 is 0 Å². The zero-order chi connectivity index (χ0) is 24.0. The third-order valence-electron chi connectivity index (χ3n) is 8.01. The number of amides is 1. The van der Waals surface area contributed by atoms with Crippen LogP contribution in [0.25, 0.3) is 0 Å². The molecule has 8 heteroatoms. The molecule has 5 rings (SSSR count). The topological polar surface area (TPSA) is 68.1 Å². The average molecular weight is 481 g/mol. The van der Waals surface area contributed by atoms with Gasteiger partial charge >= 0.3 is 0 Å². The van der Waals surface area contributed by atoms with E-state index in [2.05, 4.69) is 73.5 Å². The van der Waals surface area contributed by atoms with E-state index in [1.54, 1.807) is 0 Å². The van der Waals surface area contributed by atoms with Crippen LogP contribution >= 0.6 is 0 Å². The second-order valence-electron chi connectivity index (χ2n) is 10.5. The molecule has 3 fully saturated rings. The van der Waals surface area contributed by atoms with Gasteiger partial charge in [0.25, 0.3) is 0 Å². The number of rotatable bonds is 7. The Labute approximate surface area is 209 Å². The number of benzene rings is 1. The van der Waals surface area contributed by atoms with E-state index in [1.807, 2.05) is 0 Å². The van der Waals surface area contributed by atoms with Gasteiger partial charge in [0.15, 0.2) is 5.76 Å². The minimum Gasteiger partial charge on any atom is -0.369 e. The molecule has 3 aliphatic heterocycles. The van der Waals surface area contributed by atoms with Crippen molar-refractivity contribution < 1.29 is 9.32 Å². The second kappa shape index (κ2) is 11.5. The maximum absolute atomic E-state index is 13.0. The van der Waals surface area contributed by atoms with Gasteiger partial charge in [-0.3, -0.25) is 9.69 Å². The van der Waals surface area contributed by atoms with Gasteiger partial charge in [-0.2, -0.15) is 0 Å². The molecule has 2 atom stereocenters. The van der Waals surface area contributed by atoms with Crippen LogP contribution in [0.5, 0.6) is 0 Å². The molecule has 0 spiro atoms. The first-order chi connectivity index (χ1) is 17.1. The zero-order valence-electron chi connectivity index (χ0n) is 21.1. The van der Waals surface area contributed by atoms with Crippen LogP contribution in [0.15, 0.2) is 40.9 Å². The van der Waals surface area contributed by atoms with Crippen LogP contribution in [0.3, 0.4) is 0 Å². The monoisotopic (exact) mass is 480 g/mol. The summed E-state index contributed by atoms with van der Waals surface area (Å²) < 4.78 is 5.74. The lowest BCUT2D eigenvalue weighted by molar-refractivity contribution is -0.134. The molecule has 35 heavy (non-hydrogen) atoms. The van der Waals surface area contributed by atoms with Gasteiger partial charge in [0, 0.05) is 70.5 Å². The SMILES string of the molecule is CN1CCN(C(=O)C[C@H]2CCNC[C@@H]2Cc2cc(CN3CCN(c4ccccc4)CC3)on2)CC1. The summed E-state index contributed by atoms with van der Waals surface area (Å²) in [4.78, 5) is 22.2. The number of nitrogens with zero attached hydrogens (tertiary/aromatic N) is 5. The lowest BCUT2D eigenvalue weighted by Crippen LogP contribution is -2.48. The van der Waals surface area contributed by atoms with E-state index in [1.165, 1.54) is 5.69 Å². The first-order valence-electron chi connectivity index (χ1n) is 13.3. The van der Waals surface area contributed by atoms with Crippen molar-refractivity contribution in [3.05, 3.63) is 47.9 Å². The summed E-state index contributed by atoms with van der Waals surface area (Å²) in [7, 11) is 2.13. The normalized spacial score (nSPS) is 24.6. The molecular weight excluding hydrogens is 440 g/mol. The number of anilines is 1. The van der Waals surface area contributed by atoms with E-state index in [4.69, 9.17) is 4.52 Å². The molecule has 0 radical (unpaired) electrons. The smallest absolute Gasteiger partial charge is 0.222 e. The lowest BCUT2D eigenvalue weighted by Gasteiger charge is -2.36. The summed E-state index contributed by atoms with van der Waals surface area (Å²) in [5.41, 5.74) is 2.32. The fourth-order valence-corrected chi connectivity index (χ4v) is 5.71. The van der Waals surface area contributed by atoms with Crippen molar-refractivity contribution in [3.63, 3.8) is 0 Å². The molecule has 4 heterocycles. The van der Waals surface area contributed by atoms with Gasteiger partial charge < -0.3 is 24.5 Å². The van der Waals surface area contributed by atoms with Crippen LogP contribution in [0, 0.1) is 11.8 Å². The molecular formula is C27H40N6O2. The molecule has 190 valence electrons. The predicted octanol–water partition coefficient (Wildman–Crippen LogP) is 1.93. The molecule has 0 aliphatic carbocycles. The fourth-order valence-electron chi connectivity index (χ4n) is 5.71. The van der Waals surface area contributed by atoms with Gasteiger partial charge in [0.1, 0.15) is 0 Å². The Hall–Kier alpha value is -2.42. The highest BCUT2D eigenvalue weighted by Crippen LogP contribution is 2.27. The summed E-state index contributed by atoms with van der Waals surface area (Å²) >= 11 is 0. The number of aromatic nitrogens is 1. The van der Waals surface area contributed by atoms with Crippen LogP contribution in [0.1, 0.15) is 24.3 Å². The van der Waals surface area contributed by atoms with Crippen molar-refractivity contribution in [1.29, 1.82) is 0 Å². The largest absolute Gasteiger partial charge is 0.369 e. The summed E-state index contributed by atoms with van der Waals surface area (Å²) in [5, 5.41) is 7.94. The molecule has 1 amide bonds. The van der Waals surface area contributed by atoms with E-state index < -0.39 is 0 Å². The Kier molecular flexibility index (Phi) is 8.01. The Morgan fingerprint density at radius 3 is 2.57 bits per heavy atom. The van der Waals surface area contributed by atoms with Gasteiger partial charge in [-0.25, -0.2) is 0 Å². The standard InChI is InChI=1S/C27H40N6O2/c1-30-9-13-33(14-10-30)27(34)18-22-7-8-28-20-23(22)17-24-19-26(35-29-24)21-31-11-15-32(16-12-31)25-5-3-2-4-6-25/h2-6,19,22-23,28H,7-18,20-21H2,1H3/t22-,23+/m1/s1. The molecule has 1 aromatic carbocycles. The third kappa shape index (κ3) is 6.42. The molecule has 3 saturated heterocycles. The third-order valence-corrected chi connectivity index (χ3v) is 8.01. The fraction of sp³-hybridized carbons (Fsp3) is 0.630. The molecule has 1 N–H and O–H groups in total. The van der Waals surface area contributed by atoms with Crippen LogP contribution in [-0.2, 0) is 17.8 Å². The Morgan fingerprint density at radius 2 is 1.80 bits per heavy atom. The molecule has 1 aromatic heterocycles. The highest BCUT2D eigenvalue weighted by atomic mass is 16.5. The predicted molar refractivity (Wildman–Crippen MR) is 137 cm³/mol. The highest BCUT2D eigenvalue weighted by molar-refractivity contribution is 5.76. The number of carbonyl (C=O) groups excluding carboxylic acids is 1. The summed E-state index contributed by atoms with van der Waals surface area (Å²) in [6.45, 7) is 10.5. The number of likely N-dealkylation sites (N-methyl/N-ethyl adjacent to an activating group) is 1. The van der Waals surface area contributed by atoms with Crippen molar-refractivity contribution in [2.45, 2.75) is 25.8 Å². The molecule has 0 bridgehead atoms. The zero-order valence-corrected chi connectivity index (χ0v) is 21.1. The van der Waals surface area contributed by atoms with E-state index in [0.717, 1.165) is 96.3 Å². The molecule has 2 aromatic rings. The highest BCUT2D eigenvalue weighted by Gasteiger charge is 2.30. The Morgan fingerprint density at radius 1 is 1.03 bits per heavy atom. The van der Waals surface area contributed by atoms with E-state index in [-0.39, 0.29) is 0 Å². The maximum atomic E-state index is 13.0. The minimum atomic E-state index is 0.325. The number of hydrogen-bond donors (Lipinski definition) is 1. The minimum absolute atomic E-state index is 0.325. The number of para-hydroxylation sites is 1. The Bertz CT molecular complexity index is 934. The first-order valence-corrected chi connectivity index (χ1v) is 13.3. The van der Waals surface area contributed by atoms with Gasteiger partial charge in [-0.05, 0) is 56.9 Å². The van der Waals surface area contributed by atoms with E-state index in [0.29, 0.717) is 24.2 Å². The van der Waals surface area contributed by atoms with Crippen molar-refractivity contribution in [1.82, 2.24) is 25.2 Å². The van der Waals surface area contributed by atoms with Crippen molar-refractivity contribution in [2.75, 3.05) is 77.4 Å². The quantitative estimate of drug-likeness (QED) is 0.650. The van der Waals surface area contributed by atoms with Gasteiger partial charge in [0.05, 0.1) is 12.2 Å². The number of hydrogen-bond acceptors (Lipinski definition) is 7. The van der Waals surface area contributed by atoms with Crippen molar-refractivity contribution in [2.24, 2.45) is 11.8 Å². The maximum Gasteiger partial charge on any atom is 0.222 e.